The van der Waals surface area contributed by atoms with Crippen molar-refractivity contribution in [2.24, 2.45) is 0 Å². The molecule has 0 saturated heterocycles. The smallest absolute Gasteiger partial charge is 0.264 e. The molecule has 3 nitrogen and oxygen atoms in total. The molecule has 0 amide bonds. The molecule has 1 aliphatic rings. The third-order valence-corrected chi connectivity index (χ3v) is 3.71. The maximum Gasteiger partial charge on any atom is 0.264 e. The van der Waals surface area contributed by atoms with Crippen molar-refractivity contribution in [3.05, 3.63) is 40.2 Å². The molecule has 1 saturated carbocycles. The summed E-state index contributed by atoms with van der Waals surface area (Å²) in [5, 5.41) is 0.126. The number of aromatic nitrogens is 2. The molecule has 0 N–H and O–H groups in total. The fraction of sp³-hybridized carbons (Fsp3) is 0.429. The molecular weight excluding hydrogens is 231 g/mol. The molecule has 1 fully saturated rings. The third kappa shape index (κ3) is 1.55. The molecule has 94 valence electrons. The van der Waals surface area contributed by atoms with E-state index in [9.17, 15) is 9.18 Å². The Bertz CT molecular complexity index is 659. The lowest BCUT2D eigenvalue weighted by molar-refractivity contribution is 0.297. The monoisotopic (exact) mass is 246 g/mol. The maximum absolute atomic E-state index is 13.8. The van der Waals surface area contributed by atoms with Gasteiger partial charge < -0.3 is 0 Å². The minimum atomic E-state index is -0.472. The van der Waals surface area contributed by atoms with Gasteiger partial charge in [0.1, 0.15) is 17.0 Å². The molecule has 1 aliphatic carbocycles. The van der Waals surface area contributed by atoms with E-state index in [0.29, 0.717) is 11.9 Å². The van der Waals surface area contributed by atoms with Crippen molar-refractivity contribution in [3.63, 3.8) is 0 Å². The highest BCUT2D eigenvalue weighted by Crippen LogP contribution is 2.31. The lowest BCUT2D eigenvalue weighted by Crippen LogP contribution is -2.32. The number of benzene rings is 1. The molecule has 3 rings (SSSR count). The van der Waals surface area contributed by atoms with E-state index >= 15 is 0 Å². The van der Waals surface area contributed by atoms with Gasteiger partial charge in [-0.1, -0.05) is 13.0 Å². The van der Waals surface area contributed by atoms with E-state index in [4.69, 9.17) is 0 Å². The molecule has 1 aromatic carbocycles. The second-order valence-corrected chi connectivity index (χ2v) is 4.78. The van der Waals surface area contributed by atoms with Gasteiger partial charge in [0.15, 0.2) is 0 Å². The number of fused-ring (bicyclic) bond motifs is 1. The van der Waals surface area contributed by atoms with Crippen LogP contribution < -0.4 is 5.56 Å². The fourth-order valence-electron chi connectivity index (χ4n) is 2.52. The maximum atomic E-state index is 13.8. The zero-order valence-electron chi connectivity index (χ0n) is 10.3. The molecule has 0 bridgehead atoms. The average molecular weight is 246 g/mol. The van der Waals surface area contributed by atoms with E-state index in [0.717, 1.165) is 25.1 Å². The van der Waals surface area contributed by atoms with E-state index < -0.39 is 5.82 Å². The van der Waals surface area contributed by atoms with E-state index in [1.165, 1.54) is 6.07 Å². The summed E-state index contributed by atoms with van der Waals surface area (Å²) in [6, 6.07) is 4.83. The number of hydrogen-bond donors (Lipinski definition) is 0. The van der Waals surface area contributed by atoms with Gasteiger partial charge in [-0.05, 0) is 31.4 Å². The first-order valence-electron chi connectivity index (χ1n) is 6.42. The summed E-state index contributed by atoms with van der Waals surface area (Å²) in [5.41, 5.74) is 0.243. The van der Waals surface area contributed by atoms with Crippen molar-refractivity contribution in [2.45, 2.75) is 38.6 Å². The van der Waals surface area contributed by atoms with Crippen LogP contribution in [-0.2, 0) is 6.42 Å². The minimum Gasteiger partial charge on any atom is -0.293 e. The van der Waals surface area contributed by atoms with Gasteiger partial charge in [-0.2, -0.15) is 0 Å². The number of nitrogens with zero attached hydrogens (tertiary/aromatic N) is 2. The first kappa shape index (κ1) is 11.4. The molecule has 2 aromatic rings. The van der Waals surface area contributed by atoms with Crippen LogP contribution in [0.15, 0.2) is 23.0 Å². The van der Waals surface area contributed by atoms with E-state index in [1.807, 2.05) is 6.92 Å². The summed E-state index contributed by atoms with van der Waals surface area (Å²) in [5.74, 6) is 0.295. The van der Waals surface area contributed by atoms with Crippen LogP contribution in [0.1, 0.15) is 38.1 Å². The predicted molar refractivity (Wildman–Crippen MR) is 68.2 cm³/mol. The van der Waals surface area contributed by atoms with Crippen LogP contribution in [-0.4, -0.2) is 9.55 Å². The standard InChI is InChI=1S/C14H15FN2O/c1-2-12-16-11-8-4-7-10(15)13(11)14(18)17(12)9-5-3-6-9/h4,7-9H,2-3,5-6H2,1H3. The SMILES string of the molecule is CCc1nc2cccc(F)c2c(=O)n1C1CCC1. The molecule has 18 heavy (non-hydrogen) atoms. The van der Waals surface area contributed by atoms with Crippen molar-refractivity contribution < 1.29 is 4.39 Å². The summed E-state index contributed by atoms with van der Waals surface area (Å²) < 4.78 is 15.5. The van der Waals surface area contributed by atoms with Gasteiger partial charge in [0.25, 0.3) is 5.56 Å². The second-order valence-electron chi connectivity index (χ2n) is 4.78. The van der Waals surface area contributed by atoms with Crippen molar-refractivity contribution in [2.75, 3.05) is 0 Å². The summed E-state index contributed by atoms with van der Waals surface area (Å²) >= 11 is 0. The molecule has 0 unspecified atom stereocenters. The molecule has 1 aromatic heterocycles. The molecule has 0 aliphatic heterocycles. The molecule has 4 heteroatoms. The van der Waals surface area contributed by atoms with Crippen molar-refractivity contribution in [1.29, 1.82) is 0 Å². The lowest BCUT2D eigenvalue weighted by Gasteiger charge is -2.29. The van der Waals surface area contributed by atoms with Crippen LogP contribution in [0, 0.1) is 5.82 Å². The van der Waals surface area contributed by atoms with Crippen LogP contribution in [0.5, 0.6) is 0 Å². The third-order valence-electron chi connectivity index (χ3n) is 3.71. The van der Waals surface area contributed by atoms with Crippen LogP contribution in [0.25, 0.3) is 10.9 Å². The van der Waals surface area contributed by atoms with Gasteiger partial charge in [0.05, 0.1) is 5.52 Å². The molecule has 0 atom stereocenters. The Balaban J connectivity index is 2.36. The van der Waals surface area contributed by atoms with Crippen molar-refractivity contribution in [1.82, 2.24) is 9.55 Å². The Kier molecular flexibility index (Phi) is 2.65. The quantitative estimate of drug-likeness (QED) is 0.816. The van der Waals surface area contributed by atoms with Crippen LogP contribution in [0.2, 0.25) is 0 Å². The highest BCUT2D eigenvalue weighted by Gasteiger charge is 2.24. The molecular formula is C14H15FN2O. The normalized spacial score (nSPS) is 15.9. The number of aryl methyl sites for hydroxylation is 1. The average Bonchev–Trinajstić information content (AvgIpc) is 2.30. The summed E-state index contributed by atoms with van der Waals surface area (Å²) in [6.07, 6.45) is 3.82. The minimum absolute atomic E-state index is 0.126. The highest BCUT2D eigenvalue weighted by atomic mass is 19.1. The van der Waals surface area contributed by atoms with Crippen LogP contribution in [0.3, 0.4) is 0 Å². The zero-order chi connectivity index (χ0) is 12.7. The molecule has 1 heterocycles. The Morgan fingerprint density at radius 2 is 2.22 bits per heavy atom. The van der Waals surface area contributed by atoms with Gasteiger partial charge >= 0.3 is 0 Å². The van der Waals surface area contributed by atoms with E-state index in [2.05, 4.69) is 4.98 Å². The van der Waals surface area contributed by atoms with Gasteiger partial charge in [0.2, 0.25) is 0 Å². The Morgan fingerprint density at radius 1 is 1.44 bits per heavy atom. The Morgan fingerprint density at radius 3 is 2.83 bits per heavy atom. The van der Waals surface area contributed by atoms with E-state index in [-0.39, 0.29) is 17.0 Å². The van der Waals surface area contributed by atoms with Gasteiger partial charge in [-0.15, -0.1) is 0 Å². The Labute approximate surface area is 104 Å². The number of halogens is 1. The largest absolute Gasteiger partial charge is 0.293 e. The molecule has 0 radical (unpaired) electrons. The van der Waals surface area contributed by atoms with E-state index in [1.54, 1.807) is 16.7 Å². The summed E-state index contributed by atoms with van der Waals surface area (Å²) in [7, 11) is 0. The van der Waals surface area contributed by atoms with Crippen molar-refractivity contribution in [3.8, 4) is 0 Å². The van der Waals surface area contributed by atoms with Gasteiger partial charge in [-0.25, -0.2) is 9.37 Å². The summed E-state index contributed by atoms with van der Waals surface area (Å²) in [4.78, 5) is 16.9. The van der Waals surface area contributed by atoms with Gasteiger partial charge in [-0.3, -0.25) is 9.36 Å². The Hall–Kier alpha value is -1.71. The van der Waals surface area contributed by atoms with Crippen molar-refractivity contribution >= 4 is 10.9 Å². The number of hydrogen-bond acceptors (Lipinski definition) is 2. The summed E-state index contributed by atoms with van der Waals surface area (Å²) in [6.45, 7) is 1.97. The first-order chi connectivity index (χ1) is 8.72. The highest BCUT2D eigenvalue weighted by molar-refractivity contribution is 5.78. The zero-order valence-corrected chi connectivity index (χ0v) is 10.3. The van der Waals surface area contributed by atoms with Gasteiger partial charge in [0, 0.05) is 12.5 Å². The first-order valence-corrected chi connectivity index (χ1v) is 6.42. The lowest BCUT2D eigenvalue weighted by atomic mass is 9.92. The molecule has 0 spiro atoms. The topological polar surface area (TPSA) is 34.9 Å². The predicted octanol–water partition coefficient (Wildman–Crippen LogP) is 2.82. The second kappa shape index (κ2) is 4.19. The van der Waals surface area contributed by atoms with Crippen LogP contribution >= 0.6 is 0 Å². The number of rotatable bonds is 2. The fourth-order valence-corrected chi connectivity index (χ4v) is 2.52. The van der Waals surface area contributed by atoms with Crippen LogP contribution in [0.4, 0.5) is 4.39 Å².